The van der Waals surface area contributed by atoms with Gasteiger partial charge < -0.3 is 36.2 Å². The Morgan fingerprint density at radius 2 is 0.967 bits per heavy atom. The van der Waals surface area contributed by atoms with Crippen LogP contribution in [-0.4, -0.2) is 110 Å². The number of benzene rings is 6. The Hall–Kier alpha value is -8.94. The highest BCUT2D eigenvalue weighted by atomic mass is 19.4. The van der Waals surface area contributed by atoms with E-state index in [-0.39, 0.29) is 96.8 Å². The number of carbonyl (C=O) groups is 2. The minimum Gasteiger partial charge on any atom is -0.394 e. The molecule has 1 saturated heterocycles. The Morgan fingerprint density at radius 3 is 1.45 bits per heavy atom. The summed E-state index contributed by atoms with van der Waals surface area (Å²) in [5.74, 6) is -1.23. The SMILES string of the molecule is CC(C)(C)Cn1cc(-c2cc(CO)c3c(c2)C(O)(C(F)(F)F)c2ccccc2-3)cn1.CCn1cc(-c2cc(C(N)=O)c3c(c2)C(O)(C(F)(F)F)c2ccccc2-3)cn1.O=C(c1cc(-c2cnn(CCO)c2)c2c(c1)C(O)(C(F)(F)F)c1ccccc1-2)N1CCCC1. The number of aromatic nitrogens is 6. The predicted molar refractivity (Wildman–Crippen MR) is 318 cm³/mol. The van der Waals surface area contributed by atoms with Crippen LogP contribution in [0, 0.1) is 5.41 Å². The molecular weight excluding hydrogens is 1200 g/mol. The predicted octanol–water partition coefficient (Wildman–Crippen LogP) is 11.9. The van der Waals surface area contributed by atoms with E-state index in [1.807, 2.05) is 6.92 Å². The fourth-order valence-electron chi connectivity index (χ4n) is 12.7. The third-order valence-electron chi connectivity index (χ3n) is 16.9. The molecule has 1 aliphatic heterocycles. The van der Waals surface area contributed by atoms with Crippen LogP contribution >= 0.6 is 0 Å². The van der Waals surface area contributed by atoms with Gasteiger partial charge in [0.05, 0.1) is 38.3 Å². The van der Waals surface area contributed by atoms with Gasteiger partial charge in [-0.2, -0.15) is 54.8 Å². The largest absolute Gasteiger partial charge is 0.425 e. The molecule has 3 aliphatic carbocycles. The first-order valence-corrected chi connectivity index (χ1v) is 29.0. The first-order valence-electron chi connectivity index (χ1n) is 29.0. The molecule has 3 aromatic heterocycles. The molecule has 15 nitrogen and oxygen atoms in total. The Balaban J connectivity index is 0.000000141. The molecule has 474 valence electrons. The maximum Gasteiger partial charge on any atom is 0.425 e. The minimum atomic E-state index is -5.00. The molecule has 2 amide bonds. The van der Waals surface area contributed by atoms with E-state index in [1.165, 1.54) is 89.9 Å². The van der Waals surface area contributed by atoms with Gasteiger partial charge in [-0.15, -0.1) is 0 Å². The molecule has 0 saturated carbocycles. The van der Waals surface area contributed by atoms with Crippen molar-refractivity contribution in [2.75, 3.05) is 19.7 Å². The Kier molecular flexibility index (Phi) is 16.1. The van der Waals surface area contributed by atoms with E-state index in [9.17, 15) is 74.6 Å². The average molecular weight is 1260 g/mol. The number of hydrogen-bond donors (Lipinski definition) is 6. The zero-order valence-electron chi connectivity index (χ0n) is 49.4. The summed E-state index contributed by atoms with van der Waals surface area (Å²) in [4.78, 5) is 26.9. The van der Waals surface area contributed by atoms with Crippen molar-refractivity contribution in [3.63, 3.8) is 0 Å². The quantitative estimate of drug-likeness (QED) is 0.0712. The number of aliphatic hydroxyl groups excluding tert-OH is 2. The van der Waals surface area contributed by atoms with Gasteiger partial charge in [0.2, 0.25) is 22.7 Å². The van der Waals surface area contributed by atoms with Gasteiger partial charge in [-0.3, -0.25) is 23.6 Å². The summed E-state index contributed by atoms with van der Waals surface area (Å²) in [6.07, 6.45) is -3.62. The maximum absolute atomic E-state index is 14.4. The highest BCUT2D eigenvalue weighted by Gasteiger charge is 2.64. The van der Waals surface area contributed by atoms with E-state index in [2.05, 4.69) is 36.1 Å². The number of halogens is 9. The third-order valence-corrected chi connectivity index (χ3v) is 16.9. The summed E-state index contributed by atoms with van der Waals surface area (Å²) in [5.41, 5.74) is -1.64. The zero-order chi connectivity index (χ0) is 65.5. The van der Waals surface area contributed by atoms with Crippen LogP contribution in [0.3, 0.4) is 0 Å². The Morgan fingerprint density at radius 1 is 0.527 bits per heavy atom. The first-order chi connectivity index (χ1) is 42.9. The van der Waals surface area contributed by atoms with Crippen LogP contribution in [0.5, 0.6) is 0 Å². The van der Waals surface area contributed by atoms with Crippen LogP contribution in [-0.2, 0) is 43.0 Å². The molecule has 1 fully saturated rings. The number of fused-ring (bicyclic) bond motifs is 9. The zero-order valence-corrected chi connectivity index (χ0v) is 49.4. The lowest BCUT2D eigenvalue weighted by Crippen LogP contribution is -2.41. The number of hydrogen-bond acceptors (Lipinski definition) is 10. The summed E-state index contributed by atoms with van der Waals surface area (Å²) in [6.45, 7) is 9.99. The van der Waals surface area contributed by atoms with Crippen LogP contribution in [0.4, 0.5) is 39.5 Å². The second kappa shape index (κ2) is 23.1. The standard InChI is InChI=1S/C24H22F3N3O3.C23H23F3N2O2.C20H16F3N3O2/c25-24(26,27)23(33)19-6-2-1-5-17(19)21-18(16-13-28-30(14-16)9-10-31)11-15(12-20(21)23)22(32)29-7-3-4-8-29;1-21(2,3)13-28-11-16(10-27-28)14-8-15(12-29)20-17-6-4-5-7-18(17)22(30,19(20)9-14)23(24,25)26;1-2-26-10-12(9-25-26)11-7-14(18(24)27)17-13-5-3-4-6-15(13)19(28,16(17)8-11)20(21,22)23/h1-2,5-6,11-14,31,33H,3-4,7-10H2;4-11,29-30H,12-13H2,1-3H3;3-10,28H,2H2,1H3,(H2,24,27). The van der Waals surface area contributed by atoms with Crippen molar-refractivity contribution in [3.8, 4) is 66.8 Å². The highest BCUT2D eigenvalue weighted by Crippen LogP contribution is 2.60. The molecule has 0 bridgehead atoms. The van der Waals surface area contributed by atoms with Crippen molar-refractivity contribution in [1.82, 2.24) is 34.2 Å². The number of primary amides is 1. The highest BCUT2D eigenvalue weighted by molar-refractivity contribution is 6.05. The second-order valence-corrected chi connectivity index (χ2v) is 24.0. The molecule has 0 radical (unpaired) electrons. The summed E-state index contributed by atoms with van der Waals surface area (Å²) in [6, 6.07) is 25.9. The van der Waals surface area contributed by atoms with Crippen molar-refractivity contribution >= 4 is 11.8 Å². The number of nitrogens with zero attached hydrogens (tertiary/aromatic N) is 7. The molecule has 4 heterocycles. The Bertz CT molecular complexity index is 4310. The van der Waals surface area contributed by atoms with Crippen molar-refractivity contribution in [1.29, 1.82) is 0 Å². The van der Waals surface area contributed by atoms with Gasteiger partial charge in [0.1, 0.15) is 0 Å². The van der Waals surface area contributed by atoms with Crippen molar-refractivity contribution in [3.05, 3.63) is 196 Å². The molecule has 24 heteroatoms. The molecule has 6 aromatic carbocycles. The van der Waals surface area contributed by atoms with Crippen LogP contribution in [0.25, 0.3) is 66.8 Å². The van der Waals surface area contributed by atoms with Crippen LogP contribution in [0.15, 0.2) is 146 Å². The molecule has 91 heavy (non-hydrogen) atoms. The van der Waals surface area contributed by atoms with Gasteiger partial charge in [-0.1, -0.05) is 93.6 Å². The van der Waals surface area contributed by atoms with E-state index in [1.54, 1.807) is 75.4 Å². The monoisotopic (exact) mass is 1260 g/mol. The number of alkyl halides is 9. The van der Waals surface area contributed by atoms with Crippen LogP contribution in [0.1, 0.15) is 100 Å². The molecule has 3 unspecified atom stereocenters. The number of amides is 2. The van der Waals surface area contributed by atoms with Gasteiger partial charge in [-0.25, -0.2) is 0 Å². The fraction of sp³-hybridized carbons (Fsp3) is 0.299. The van der Waals surface area contributed by atoms with E-state index in [0.717, 1.165) is 12.8 Å². The number of aryl methyl sites for hydroxylation is 1. The number of aliphatic hydroxyl groups is 5. The third kappa shape index (κ3) is 10.8. The molecule has 3 atom stereocenters. The van der Waals surface area contributed by atoms with Crippen LogP contribution in [0.2, 0.25) is 0 Å². The van der Waals surface area contributed by atoms with E-state index in [0.29, 0.717) is 65.1 Å². The summed E-state index contributed by atoms with van der Waals surface area (Å²) < 4.78 is 133. The second-order valence-electron chi connectivity index (χ2n) is 24.0. The van der Waals surface area contributed by atoms with Crippen molar-refractivity contribution in [2.45, 2.75) is 102 Å². The van der Waals surface area contributed by atoms with Crippen LogP contribution < -0.4 is 5.73 Å². The molecule has 7 N–H and O–H groups in total. The van der Waals surface area contributed by atoms with Gasteiger partial charge in [0.15, 0.2) is 0 Å². The fourth-order valence-corrected chi connectivity index (χ4v) is 12.7. The lowest BCUT2D eigenvalue weighted by atomic mass is 9.87. The molecule has 0 spiro atoms. The molecular formula is C67H61F9N8O7. The van der Waals surface area contributed by atoms with E-state index < -0.39 is 53.4 Å². The minimum absolute atomic E-state index is 0.00885. The normalized spacial score (nSPS) is 18.7. The number of rotatable bonds is 10. The van der Waals surface area contributed by atoms with Gasteiger partial charge in [0, 0.05) is 112 Å². The van der Waals surface area contributed by atoms with Gasteiger partial charge in [0.25, 0.3) is 5.91 Å². The van der Waals surface area contributed by atoms with E-state index >= 15 is 0 Å². The molecule has 4 aliphatic rings. The summed E-state index contributed by atoms with van der Waals surface area (Å²) in [5, 5.41) is 64.8. The first kappa shape index (κ1) is 63.6. The summed E-state index contributed by atoms with van der Waals surface area (Å²) in [7, 11) is 0. The van der Waals surface area contributed by atoms with E-state index in [4.69, 9.17) is 5.73 Å². The lowest BCUT2D eigenvalue weighted by molar-refractivity contribution is -0.247. The van der Waals surface area contributed by atoms with Gasteiger partial charge >= 0.3 is 18.5 Å². The molecule has 13 rings (SSSR count). The molecule has 9 aromatic rings. The van der Waals surface area contributed by atoms with Crippen molar-refractivity contribution in [2.24, 2.45) is 11.1 Å². The number of nitrogens with two attached hydrogens (primary N) is 1. The summed E-state index contributed by atoms with van der Waals surface area (Å²) >= 11 is 0. The number of carbonyl (C=O) groups excluding carboxylic acids is 2. The Labute approximate surface area is 515 Å². The van der Waals surface area contributed by atoms with Gasteiger partial charge in [-0.05, 0) is 112 Å². The van der Waals surface area contributed by atoms with Crippen molar-refractivity contribution < 1.29 is 74.6 Å². The lowest BCUT2D eigenvalue weighted by Gasteiger charge is -2.29. The smallest absolute Gasteiger partial charge is 0.394 e. The average Bonchev–Trinajstić information content (AvgIpc) is 1.60. The maximum atomic E-state index is 14.4. The number of likely N-dealkylation sites (tertiary alicyclic amines) is 1. The topological polar surface area (TPSA) is 218 Å².